The molecule has 8 rings (SSSR count). The molecule has 160 valence electrons. The molecular weight excluding hydrogens is 482 g/mol. The van der Waals surface area contributed by atoms with E-state index in [0.717, 1.165) is 21.5 Å². The third-order valence-electron chi connectivity index (χ3n) is 7.50. The van der Waals surface area contributed by atoms with E-state index < -0.39 is 5.41 Å². The number of hydrogen-bond donors (Lipinski definition) is 0. The van der Waals surface area contributed by atoms with Crippen LogP contribution < -0.4 is 4.74 Å². The number of ether oxygens (including phenoxy) is 1. The van der Waals surface area contributed by atoms with E-state index >= 15 is 0 Å². The van der Waals surface area contributed by atoms with Crippen molar-refractivity contribution in [1.29, 1.82) is 0 Å². The average molecular weight is 500 g/mol. The third kappa shape index (κ3) is 2.07. The highest BCUT2D eigenvalue weighted by molar-refractivity contribution is 9.10. The van der Waals surface area contributed by atoms with E-state index in [4.69, 9.17) is 4.74 Å². The van der Waals surface area contributed by atoms with Gasteiger partial charge in [-0.25, -0.2) is 0 Å². The summed E-state index contributed by atoms with van der Waals surface area (Å²) in [7, 11) is 0. The molecule has 0 bridgehead atoms. The molecule has 0 saturated heterocycles. The first kappa shape index (κ1) is 18.6. The number of halogens is 1. The topological polar surface area (TPSA) is 14.2 Å². The lowest BCUT2D eigenvalue weighted by atomic mass is 9.62. The minimum Gasteiger partial charge on any atom is -0.457 e. The Morgan fingerprint density at radius 3 is 2.24 bits per heavy atom. The van der Waals surface area contributed by atoms with E-state index in [1.54, 1.807) is 0 Å². The second kappa shape index (κ2) is 6.40. The SMILES string of the molecule is Brc1ccc2c(c1)C1(c3ccccc3O2)c2ccccc2-n2c3ccccc3c3cccc1c32. The molecule has 5 aromatic carbocycles. The van der Waals surface area contributed by atoms with E-state index in [1.165, 1.54) is 44.2 Å². The predicted octanol–water partition coefficient (Wildman–Crippen LogP) is 8.35. The fraction of sp³-hybridized carbons (Fsp3) is 0.0323. The first-order valence-corrected chi connectivity index (χ1v) is 12.3. The van der Waals surface area contributed by atoms with Gasteiger partial charge in [0.25, 0.3) is 0 Å². The van der Waals surface area contributed by atoms with Gasteiger partial charge in [-0.3, -0.25) is 0 Å². The fourth-order valence-corrected chi connectivity index (χ4v) is 6.66. The lowest BCUT2D eigenvalue weighted by Gasteiger charge is -2.45. The lowest BCUT2D eigenvalue weighted by molar-refractivity contribution is 0.433. The van der Waals surface area contributed by atoms with E-state index in [2.05, 4.69) is 130 Å². The van der Waals surface area contributed by atoms with Crippen LogP contribution in [0, 0.1) is 0 Å². The molecular formula is C31H18BrNO. The van der Waals surface area contributed by atoms with E-state index in [0.29, 0.717) is 0 Å². The highest BCUT2D eigenvalue weighted by Gasteiger charge is 2.50. The number of para-hydroxylation sites is 4. The molecule has 2 aliphatic rings. The molecule has 34 heavy (non-hydrogen) atoms. The Labute approximate surface area is 205 Å². The molecule has 1 unspecified atom stereocenters. The fourth-order valence-electron chi connectivity index (χ4n) is 6.30. The maximum Gasteiger partial charge on any atom is 0.132 e. The standard InChI is InChI=1S/C31H18BrNO/c32-19-16-17-29-25(18-19)31(23-11-3-6-15-28(23)34-29)22-10-2-5-14-27(22)33-26-13-4-1-8-20(26)21-9-7-12-24(31)30(21)33/h1-18H. The van der Waals surface area contributed by atoms with Gasteiger partial charge in [0.2, 0.25) is 0 Å². The van der Waals surface area contributed by atoms with Crippen LogP contribution in [-0.2, 0) is 5.41 Å². The Morgan fingerprint density at radius 2 is 1.29 bits per heavy atom. The summed E-state index contributed by atoms with van der Waals surface area (Å²) >= 11 is 3.76. The summed E-state index contributed by atoms with van der Waals surface area (Å²) in [6, 6.07) is 39.3. The van der Waals surface area contributed by atoms with Gasteiger partial charge in [0.15, 0.2) is 0 Å². The van der Waals surface area contributed by atoms with Gasteiger partial charge < -0.3 is 9.30 Å². The van der Waals surface area contributed by atoms with Gasteiger partial charge in [-0.2, -0.15) is 0 Å². The lowest BCUT2D eigenvalue weighted by Crippen LogP contribution is -2.37. The maximum atomic E-state index is 6.49. The second-order valence-electron chi connectivity index (χ2n) is 9.06. The zero-order chi connectivity index (χ0) is 22.4. The van der Waals surface area contributed by atoms with Crippen LogP contribution in [0.25, 0.3) is 27.5 Å². The molecule has 3 heteroatoms. The summed E-state index contributed by atoms with van der Waals surface area (Å²) in [6.07, 6.45) is 0. The van der Waals surface area contributed by atoms with Crippen molar-refractivity contribution >= 4 is 37.7 Å². The number of rotatable bonds is 0. The largest absolute Gasteiger partial charge is 0.457 e. The molecule has 0 saturated carbocycles. The van der Waals surface area contributed by atoms with E-state index in [9.17, 15) is 0 Å². The Bertz CT molecular complexity index is 1810. The molecule has 0 radical (unpaired) electrons. The van der Waals surface area contributed by atoms with Crippen LogP contribution in [0.2, 0.25) is 0 Å². The monoisotopic (exact) mass is 499 g/mol. The van der Waals surface area contributed by atoms with Gasteiger partial charge in [-0.15, -0.1) is 0 Å². The van der Waals surface area contributed by atoms with E-state index in [1.807, 2.05) is 0 Å². The third-order valence-corrected chi connectivity index (χ3v) is 8.00. The summed E-state index contributed by atoms with van der Waals surface area (Å²) < 4.78 is 9.99. The Balaban J connectivity index is 1.69. The van der Waals surface area contributed by atoms with E-state index in [-0.39, 0.29) is 0 Å². The van der Waals surface area contributed by atoms with Gasteiger partial charge in [0.1, 0.15) is 11.5 Å². The van der Waals surface area contributed by atoms with Gasteiger partial charge in [-0.1, -0.05) is 88.7 Å². The van der Waals surface area contributed by atoms with Crippen LogP contribution in [0.1, 0.15) is 22.3 Å². The minimum absolute atomic E-state index is 0.492. The smallest absolute Gasteiger partial charge is 0.132 e. The average Bonchev–Trinajstić information content (AvgIpc) is 3.22. The molecule has 6 aromatic rings. The summed E-state index contributed by atoms with van der Waals surface area (Å²) in [5.74, 6) is 1.81. The summed E-state index contributed by atoms with van der Waals surface area (Å²) in [5, 5.41) is 2.56. The van der Waals surface area contributed by atoms with Crippen LogP contribution in [0.5, 0.6) is 11.5 Å². The molecule has 1 atom stereocenters. The predicted molar refractivity (Wildman–Crippen MR) is 140 cm³/mol. The van der Waals surface area contributed by atoms with Gasteiger partial charge in [-0.05, 0) is 47.5 Å². The minimum atomic E-state index is -0.492. The Morgan fingerprint density at radius 1 is 0.588 bits per heavy atom. The van der Waals surface area contributed by atoms with Crippen molar-refractivity contribution in [3.05, 3.63) is 136 Å². The van der Waals surface area contributed by atoms with Crippen molar-refractivity contribution in [2.24, 2.45) is 0 Å². The van der Waals surface area contributed by atoms with Crippen LogP contribution >= 0.6 is 15.9 Å². The molecule has 0 amide bonds. The van der Waals surface area contributed by atoms with Crippen LogP contribution in [0.15, 0.2) is 114 Å². The quantitative estimate of drug-likeness (QED) is 0.204. The van der Waals surface area contributed by atoms with Gasteiger partial charge in [0.05, 0.1) is 22.1 Å². The highest BCUT2D eigenvalue weighted by atomic mass is 79.9. The first-order valence-electron chi connectivity index (χ1n) is 11.5. The molecule has 0 fully saturated rings. The van der Waals surface area contributed by atoms with Crippen molar-refractivity contribution in [3.63, 3.8) is 0 Å². The number of hydrogen-bond acceptors (Lipinski definition) is 1. The molecule has 0 N–H and O–H groups in total. The molecule has 0 aliphatic carbocycles. The van der Waals surface area contributed by atoms with Crippen LogP contribution in [-0.4, -0.2) is 4.57 Å². The van der Waals surface area contributed by atoms with Gasteiger partial charge in [0, 0.05) is 26.4 Å². The maximum absolute atomic E-state index is 6.49. The molecule has 1 aromatic heterocycles. The molecule has 2 nitrogen and oxygen atoms in total. The van der Waals surface area contributed by atoms with Crippen molar-refractivity contribution in [2.45, 2.75) is 5.41 Å². The number of benzene rings is 5. The number of aromatic nitrogens is 1. The number of nitrogens with zero attached hydrogens (tertiary/aromatic N) is 1. The van der Waals surface area contributed by atoms with Crippen LogP contribution in [0.4, 0.5) is 0 Å². The van der Waals surface area contributed by atoms with Gasteiger partial charge >= 0.3 is 0 Å². The molecule has 2 aliphatic heterocycles. The number of fused-ring (bicyclic) bond motifs is 11. The Kier molecular flexibility index (Phi) is 3.50. The zero-order valence-electron chi connectivity index (χ0n) is 18.1. The zero-order valence-corrected chi connectivity index (χ0v) is 19.7. The van der Waals surface area contributed by atoms with Crippen molar-refractivity contribution in [2.75, 3.05) is 0 Å². The molecule has 1 spiro atoms. The highest BCUT2D eigenvalue weighted by Crippen LogP contribution is 2.60. The second-order valence-corrected chi connectivity index (χ2v) is 9.98. The normalized spacial score (nSPS) is 17.3. The summed E-state index contributed by atoms with van der Waals surface area (Å²) in [4.78, 5) is 0. The Hall–Kier alpha value is -3.82. The summed E-state index contributed by atoms with van der Waals surface area (Å²) in [5.41, 5.74) is 8.13. The van der Waals surface area contributed by atoms with Crippen LogP contribution in [0.3, 0.4) is 0 Å². The first-order chi connectivity index (χ1) is 16.8. The van der Waals surface area contributed by atoms with Crippen molar-refractivity contribution in [1.82, 2.24) is 4.57 Å². The van der Waals surface area contributed by atoms with Crippen molar-refractivity contribution in [3.8, 4) is 17.2 Å². The molecule has 3 heterocycles. The van der Waals surface area contributed by atoms with Crippen molar-refractivity contribution < 1.29 is 4.74 Å². The summed E-state index contributed by atoms with van der Waals surface area (Å²) in [6.45, 7) is 0.